The fraction of sp³-hybridized carbons (Fsp3) is 0.417. The molecule has 0 bridgehead atoms. The molecule has 0 aliphatic heterocycles. The zero-order chi connectivity index (χ0) is 24.9. The lowest BCUT2D eigenvalue weighted by Crippen LogP contribution is -2.42. The van der Waals surface area contributed by atoms with E-state index in [1.807, 2.05) is 0 Å². The highest BCUT2D eigenvalue weighted by atomic mass is 19.1. The van der Waals surface area contributed by atoms with Crippen LogP contribution in [0, 0.1) is 0 Å². The molecule has 1 heterocycles. The Bertz CT molecular complexity index is 1060. The number of halogens is 2. The molecule has 1 aromatic heterocycles. The van der Waals surface area contributed by atoms with Crippen molar-refractivity contribution in [2.24, 2.45) is 9.98 Å². The molecule has 4 N–H and O–H groups in total. The van der Waals surface area contributed by atoms with Crippen molar-refractivity contribution < 1.29 is 18.7 Å². The Kier molecular flexibility index (Phi) is 7.93. The highest BCUT2D eigenvalue weighted by Gasteiger charge is 2.29. The number of alkyl halides is 2. The van der Waals surface area contributed by atoms with Crippen LogP contribution in [0.15, 0.2) is 40.4 Å². The maximum atomic E-state index is 14.3. The number of hydrogen-bond donors (Lipinski definition) is 4. The Balaban J connectivity index is 1.85. The molecule has 1 aliphatic carbocycles. The number of carbonyl (C=O) groups excluding carboxylic acids is 1. The van der Waals surface area contributed by atoms with Crippen LogP contribution in [-0.4, -0.2) is 60.0 Å². The first-order valence-corrected chi connectivity index (χ1v) is 11.0. The quantitative estimate of drug-likeness (QED) is 0.377. The number of anilines is 3. The van der Waals surface area contributed by atoms with Crippen molar-refractivity contribution in [3.63, 3.8) is 0 Å². The number of hydrogen-bond acceptors (Lipinski definition) is 7. The average Bonchev–Trinajstić information content (AvgIpc) is 3.20. The Morgan fingerprint density at radius 3 is 2.62 bits per heavy atom. The van der Waals surface area contributed by atoms with E-state index in [4.69, 9.17) is 0 Å². The number of aliphatic imine (C=N–C) groups is 2. The summed E-state index contributed by atoms with van der Waals surface area (Å²) in [5, 5.41) is 18.5. The number of aromatic nitrogens is 1. The Morgan fingerprint density at radius 1 is 1.26 bits per heavy atom. The van der Waals surface area contributed by atoms with E-state index >= 15 is 0 Å². The van der Waals surface area contributed by atoms with Gasteiger partial charge in [0.15, 0.2) is 0 Å². The first kappa shape index (κ1) is 25.2. The maximum Gasteiger partial charge on any atom is 0.255 e. The number of carbonyl (C=O) groups is 1. The van der Waals surface area contributed by atoms with Gasteiger partial charge in [-0.1, -0.05) is 0 Å². The van der Waals surface area contributed by atoms with Crippen molar-refractivity contribution in [2.45, 2.75) is 57.1 Å². The van der Waals surface area contributed by atoms with Crippen molar-refractivity contribution in [2.75, 3.05) is 17.2 Å². The molecule has 0 spiro atoms. The van der Waals surface area contributed by atoms with Gasteiger partial charge in [0.25, 0.3) is 5.91 Å². The van der Waals surface area contributed by atoms with E-state index in [9.17, 15) is 18.7 Å². The van der Waals surface area contributed by atoms with E-state index in [-0.39, 0.29) is 12.1 Å². The number of nitrogens with zero attached hydrogens (tertiary/aromatic N) is 3. The van der Waals surface area contributed by atoms with Gasteiger partial charge in [-0.15, -0.1) is 0 Å². The number of benzene rings is 1. The number of amides is 1. The minimum atomic E-state index is -1.66. The van der Waals surface area contributed by atoms with Crippen LogP contribution >= 0.6 is 0 Å². The minimum absolute atomic E-state index is 0.146. The molecule has 1 aromatic carbocycles. The summed E-state index contributed by atoms with van der Waals surface area (Å²) < 4.78 is 28.4. The second kappa shape index (κ2) is 10.7. The van der Waals surface area contributed by atoms with Crippen LogP contribution in [0.25, 0.3) is 0 Å². The predicted octanol–water partition coefficient (Wildman–Crippen LogP) is 4.63. The number of nitrogens with one attached hydrogen (secondary N) is 3. The van der Waals surface area contributed by atoms with Gasteiger partial charge in [0, 0.05) is 18.0 Å². The smallest absolute Gasteiger partial charge is 0.255 e. The van der Waals surface area contributed by atoms with Crippen LogP contribution in [0.3, 0.4) is 0 Å². The second-order valence-corrected chi connectivity index (χ2v) is 8.79. The lowest BCUT2D eigenvalue weighted by molar-refractivity contribution is -0.00177. The van der Waals surface area contributed by atoms with E-state index in [0.29, 0.717) is 41.4 Å². The number of aliphatic hydroxyl groups is 1. The van der Waals surface area contributed by atoms with Gasteiger partial charge >= 0.3 is 0 Å². The van der Waals surface area contributed by atoms with Gasteiger partial charge < -0.3 is 21.1 Å². The van der Waals surface area contributed by atoms with Crippen molar-refractivity contribution in [3.05, 3.63) is 36.0 Å². The third-order valence-electron chi connectivity index (χ3n) is 5.72. The van der Waals surface area contributed by atoms with Crippen LogP contribution in [0.5, 0.6) is 0 Å². The molecule has 10 heteroatoms. The predicted molar refractivity (Wildman–Crippen MR) is 132 cm³/mol. The third-order valence-corrected chi connectivity index (χ3v) is 5.72. The lowest BCUT2D eigenvalue weighted by atomic mass is 10.0. The van der Waals surface area contributed by atoms with Crippen LogP contribution < -0.4 is 16.0 Å². The van der Waals surface area contributed by atoms with Gasteiger partial charge in [0.2, 0.25) is 0 Å². The summed E-state index contributed by atoms with van der Waals surface area (Å²) in [5.74, 6) is -0.178. The molecule has 3 atom stereocenters. The van der Waals surface area contributed by atoms with Crippen molar-refractivity contribution >= 4 is 47.9 Å². The monoisotopic (exact) mass is 472 g/mol. The van der Waals surface area contributed by atoms with Crippen molar-refractivity contribution in [1.29, 1.82) is 0 Å². The summed E-state index contributed by atoms with van der Waals surface area (Å²) in [6.45, 7) is 9.30. The van der Waals surface area contributed by atoms with Gasteiger partial charge in [0.05, 0.1) is 40.8 Å². The molecule has 1 amide bonds. The van der Waals surface area contributed by atoms with E-state index in [2.05, 4.69) is 44.4 Å². The second-order valence-electron chi connectivity index (χ2n) is 8.79. The Morgan fingerprint density at radius 2 is 2.00 bits per heavy atom. The topological polar surface area (TPSA) is 111 Å². The van der Waals surface area contributed by atoms with Gasteiger partial charge in [-0.3, -0.25) is 14.8 Å². The first-order valence-electron chi connectivity index (χ1n) is 11.0. The SMILES string of the molecule is C=Nc1ccc(Nc2cc(NC3CCCC3F)c(C(=O)NC[C@@H](F)C(C)(C)O)cn2)cc1N=C. The average molecular weight is 473 g/mol. The van der Waals surface area contributed by atoms with Crippen LogP contribution in [0.4, 0.5) is 37.3 Å². The molecule has 182 valence electrons. The van der Waals surface area contributed by atoms with Crippen molar-refractivity contribution in [1.82, 2.24) is 10.3 Å². The summed E-state index contributed by atoms with van der Waals surface area (Å²) >= 11 is 0. The van der Waals surface area contributed by atoms with E-state index < -0.39 is 29.9 Å². The fourth-order valence-corrected chi connectivity index (χ4v) is 3.64. The van der Waals surface area contributed by atoms with E-state index in [1.54, 1.807) is 24.3 Å². The standard InChI is InChI=1S/C24H30F2N6O2/c1-24(2,34)21(26)13-30-23(33)15-12-29-22(11-19(15)32-17-7-5-6-16(17)25)31-14-8-9-18(27-3)20(10-14)28-4/h8-12,16-17,21,34H,3-7,13H2,1-2H3,(H,30,33)(H2,29,31,32)/t16?,17?,21-/m1/s1. The molecule has 0 saturated heterocycles. The lowest BCUT2D eigenvalue weighted by Gasteiger charge is -2.23. The largest absolute Gasteiger partial charge is 0.387 e. The van der Waals surface area contributed by atoms with Gasteiger partial charge in [0.1, 0.15) is 18.2 Å². The van der Waals surface area contributed by atoms with Gasteiger partial charge in [-0.05, 0) is 64.7 Å². The summed E-state index contributed by atoms with van der Waals surface area (Å²) in [5.41, 5.74) is 0.687. The minimum Gasteiger partial charge on any atom is -0.387 e. The Labute approximate surface area is 197 Å². The summed E-state index contributed by atoms with van der Waals surface area (Å²) in [6, 6.07) is 6.37. The maximum absolute atomic E-state index is 14.3. The van der Waals surface area contributed by atoms with Crippen LogP contribution in [0.1, 0.15) is 43.5 Å². The molecule has 1 saturated carbocycles. The fourth-order valence-electron chi connectivity index (χ4n) is 3.64. The summed E-state index contributed by atoms with van der Waals surface area (Å²) in [4.78, 5) is 24.9. The summed E-state index contributed by atoms with van der Waals surface area (Å²) in [7, 11) is 0. The first-order chi connectivity index (χ1) is 16.1. The normalized spacial score (nSPS) is 18.7. The Hall–Kier alpha value is -3.40. The molecule has 34 heavy (non-hydrogen) atoms. The molecule has 0 radical (unpaired) electrons. The van der Waals surface area contributed by atoms with Crippen LogP contribution in [-0.2, 0) is 0 Å². The zero-order valence-electron chi connectivity index (χ0n) is 19.3. The third kappa shape index (κ3) is 6.13. The molecule has 2 aromatic rings. The number of pyridine rings is 1. The molecule has 1 aliphatic rings. The van der Waals surface area contributed by atoms with Crippen LogP contribution in [0.2, 0.25) is 0 Å². The highest BCUT2D eigenvalue weighted by molar-refractivity contribution is 6.00. The zero-order valence-corrected chi connectivity index (χ0v) is 19.3. The molecule has 1 fully saturated rings. The molecule has 3 rings (SSSR count). The molecule has 8 nitrogen and oxygen atoms in total. The molecular weight excluding hydrogens is 442 g/mol. The highest BCUT2D eigenvalue weighted by Crippen LogP contribution is 2.32. The van der Waals surface area contributed by atoms with Gasteiger partial charge in [-0.2, -0.15) is 0 Å². The molecular formula is C24H30F2N6O2. The summed E-state index contributed by atoms with van der Waals surface area (Å²) in [6.07, 6.45) is 0.464. The van der Waals surface area contributed by atoms with E-state index in [1.165, 1.54) is 20.0 Å². The number of rotatable bonds is 10. The van der Waals surface area contributed by atoms with Crippen molar-refractivity contribution in [3.8, 4) is 0 Å². The van der Waals surface area contributed by atoms with Gasteiger partial charge in [-0.25, -0.2) is 13.8 Å². The van der Waals surface area contributed by atoms with E-state index in [0.717, 1.165) is 6.42 Å². The molecule has 2 unspecified atom stereocenters.